The Morgan fingerprint density at radius 3 is 2.48 bits per heavy atom. The highest BCUT2D eigenvalue weighted by Gasteiger charge is 2.39. The molecule has 0 spiro atoms. The molecule has 1 aromatic heterocycles. The highest BCUT2D eigenvalue weighted by molar-refractivity contribution is 6.74. The summed E-state index contributed by atoms with van der Waals surface area (Å²) in [6, 6.07) is 5.56. The normalized spacial score (nSPS) is 12.5. The summed E-state index contributed by atoms with van der Waals surface area (Å²) in [6.45, 7) is 10.9. The van der Waals surface area contributed by atoms with E-state index in [-0.39, 0.29) is 5.04 Å². The number of benzene rings is 1. The lowest BCUT2D eigenvalue weighted by Crippen LogP contribution is -2.43. The maximum atomic E-state index is 11.7. The fraction of sp³-hybridized carbons (Fsp3) is 0.438. The monoisotopic (exact) mass is 306 g/mol. The Morgan fingerprint density at radius 1 is 1.24 bits per heavy atom. The molecule has 0 amide bonds. The molecule has 0 fully saturated rings. The second-order valence-electron chi connectivity index (χ2n) is 6.66. The van der Waals surface area contributed by atoms with E-state index >= 15 is 0 Å². The van der Waals surface area contributed by atoms with E-state index in [1.165, 1.54) is 13.4 Å². The van der Waals surface area contributed by atoms with E-state index in [1.54, 1.807) is 0 Å². The highest BCUT2D eigenvalue weighted by atomic mass is 28.4. The van der Waals surface area contributed by atoms with Crippen molar-refractivity contribution in [2.24, 2.45) is 0 Å². The van der Waals surface area contributed by atoms with Crippen LogP contribution in [0.4, 0.5) is 0 Å². The number of carbonyl (C=O) groups excluding carboxylic acids is 1. The molecule has 0 aliphatic heterocycles. The predicted molar refractivity (Wildman–Crippen MR) is 85.4 cm³/mol. The first-order valence-corrected chi connectivity index (χ1v) is 9.85. The van der Waals surface area contributed by atoms with Gasteiger partial charge in [0, 0.05) is 5.39 Å². The van der Waals surface area contributed by atoms with Crippen LogP contribution in [0.3, 0.4) is 0 Å². The average molecular weight is 306 g/mol. The van der Waals surface area contributed by atoms with Gasteiger partial charge in [0.1, 0.15) is 23.2 Å². The summed E-state index contributed by atoms with van der Waals surface area (Å²) in [5.74, 6) is 0.360. The molecule has 1 heterocycles. The second-order valence-corrected chi connectivity index (χ2v) is 11.4. The van der Waals surface area contributed by atoms with Gasteiger partial charge in [-0.15, -0.1) is 0 Å². The number of fused-ring (bicyclic) bond motifs is 1. The minimum Gasteiger partial charge on any atom is -0.543 e. The Bertz CT molecular complexity index is 664. The average Bonchev–Trinajstić information content (AvgIpc) is 2.79. The number of ether oxygens (including phenoxy) is 1. The molecular formula is C16H22O4Si. The van der Waals surface area contributed by atoms with Gasteiger partial charge in [0.25, 0.3) is 0 Å². The van der Waals surface area contributed by atoms with E-state index in [0.29, 0.717) is 11.1 Å². The molecule has 2 rings (SSSR count). The molecular weight excluding hydrogens is 284 g/mol. The molecule has 0 atom stereocenters. The standard InChI is InChI=1S/C16H22O4Si/c1-16(2,3)21(5,6)20-11-7-8-14-12(9-11)13(10-19-14)15(17)18-4/h7-10H,1-6H3. The van der Waals surface area contributed by atoms with Crippen molar-refractivity contribution in [1.29, 1.82) is 0 Å². The first-order valence-electron chi connectivity index (χ1n) is 6.94. The molecule has 1 aromatic carbocycles. The van der Waals surface area contributed by atoms with Crippen LogP contribution in [0.25, 0.3) is 11.0 Å². The minimum atomic E-state index is -1.91. The number of carbonyl (C=O) groups is 1. The largest absolute Gasteiger partial charge is 0.543 e. The van der Waals surface area contributed by atoms with E-state index < -0.39 is 14.3 Å². The van der Waals surface area contributed by atoms with Gasteiger partial charge in [-0.3, -0.25) is 0 Å². The highest BCUT2D eigenvalue weighted by Crippen LogP contribution is 2.38. The van der Waals surface area contributed by atoms with Gasteiger partial charge in [0.05, 0.1) is 7.11 Å². The molecule has 114 valence electrons. The number of methoxy groups -OCH3 is 1. The molecule has 21 heavy (non-hydrogen) atoms. The maximum Gasteiger partial charge on any atom is 0.341 e. The van der Waals surface area contributed by atoms with Gasteiger partial charge in [-0.2, -0.15) is 0 Å². The molecule has 0 saturated heterocycles. The zero-order valence-corrected chi connectivity index (χ0v) is 14.4. The molecule has 4 nitrogen and oxygen atoms in total. The third kappa shape index (κ3) is 2.97. The Balaban J connectivity index is 2.41. The molecule has 0 aliphatic rings. The Hall–Kier alpha value is -1.75. The lowest BCUT2D eigenvalue weighted by Gasteiger charge is -2.36. The second kappa shape index (κ2) is 5.22. The SMILES string of the molecule is COC(=O)c1coc2ccc(O[Si](C)(C)C(C)(C)C)cc12. The number of furan rings is 1. The molecule has 0 aliphatic carbocycles. The third-order valence-electron chi connectivity index (χ3n) is 4.13. The van der Waals surface area contributed by atoms with Crippen molar-refractivity contribution in [3.63, 3.8) is 0 Å². The smallest absolute Gasteiger partial charge is 0.341 e. The summed E-state index contributed by atoms with van der Waals surface area (Å²) in [7, 11) is -0.554. The van der Waals surface area contributed by atoms with E-state index in [9.17, 15) is 4.79 Å². The third-order valence-corrected chi connectivity index (χ3v) is 8.49. The van der Waals surface area contributed by atoms with Gasteiger partial charge < -0.3 is 13.6 Å². The van der Waals surface area contributed by atoms with Crippen molar-refractivity contribution in [3.8, 4) is 5.75 Å². The molecule has 0 N–H and O–H groups in total. The molecule has 0 radical (unpaired) electrons. The van der Waals surface area contributed by atoms with Crippen molar-refractivity contribution in [3.05, 3.63) is 30.0 Å². The van der Waals surface area contributed by atoms with Crippen molar-refractivity contribution >= 4 is 25.3 Å². The fourth-order valence-electron chi connectivity index (χ4n) is 1.79. The maximum absolute atomic E-state index is 11.7. The van der Waals surface area contributed by atoms with Gasteiger partial charge in [0.2, 0.25) is 8.32 Å². The van der Waals surface area contributed by atoms with Crippen LogP contribution in [-0.2, 0) is 4.74 Å². The first kappa shape index (κ1) is 15.6. The zero-order chi connectivity index (χ0) is 15.8. The van der Waals surface area contributed by atoms with Crippen molar-refractivity contribution in [1.82, 2.24) is 0 Å². The molecule has 0 saturated carbocycles. The predicted octanol–water partition coefficient (Wildman–Crippen LogP) is 4.60. The molecule has 2 aromatic rings. The lowest BCUT2D eigenvalue weighted by molar-refractivity contribution is 0.0602. The van der Waals surface area contributed by atoms with Crippen LogP contribution in [0.15, 0.2) is 28.9 Å². The minimum absolute atomic E-state index is 0.115. The van der Waals surface area contributed by atoms with Crippen LogP contribution in [0.1, 0.15) is 31.1 Å². The van der Waals surface area contributed by atoms with Crippen molar-refractivity contribution < 1.29 is 18.4 Å². The van der Waals surface area contributed by atoms with E-state index in [2.05, 4.69) is 33.9 Å². The first-order chi connectivity index (χ1) is 9.65. The van der Waals surface area contributed by atoms with E-state index in [1.807, 2.05) is 18.2 Å². The quantitative estimate of drug-likeness (QED) is 0.614. The summed E-state index contributed by atoms with van der Waals surface area (Å²) in [5, 5.41) is 0.835. The van der Waals surface area contributed by atoms with Crippen molar-refractivity contribution in [2.75, 3.05) is 7.11 Å². The Labute approximate surface area is 126 Å². The van der Waals surface area contributed by atoms with Gasteiger partial charge in [0.15, 0.2) is 0 Å². The number of esters is 1. The Kier molecular flexibility index (Phi) is 3.89. The molecule has 0 unspecified atom stereocenters. The van der Waals surface area contributed by atoms with Crippen LogP contribution >= 0.6 is 0 Å². The summed E-state index contributed by atoms with van der Waals surface area (Å²) in [5.41, 5.74) is 1.08. The van der Waals surface area contributed by atoms with Gasteiger partial charge in [-0.05, 0) is 36.3 Å². The topological polar surface area (TPSA) is 48.7 Å². The summed E-state index contributed by atoms with van der Waals surface area (Å²) in [4.78, 5) is 11.7. The van der Waals surface area contributed by atoms with Crippen LogP contribution in [0.2, 0.25) is 18.1 Å². The van der Waals surface area contributed by atoms with Crippen LogP contribution < -0.4 is 4.43 Å². The number of hydrogen-bond acceptors (Lipinski definition) is 4. The van der Waals surface area contributed by atoms with E-state index in [4.69, 9.17) is 13.6 Å². The Morgan fingerprint density at radius 2 is 1.90 bits per heavy atom. The summed E-state index contributed by atoms with van der Waals surface area (Å²) >= 11 is 0. The summed E-state index contributed by atoms with van der Waals surface area (Å²) in [6.07, 6.45) is 1.42. The van der Waals surface area contributed by atoms with Crippen LogP contribution in [-0.4, -0.2) is 21.4 Å². The number of hydrogen-bond donors (Lipinski definition) is 0. The lowest BCUT2D eigenvalue weighted by atomic mass is 10.2. The summed E-state index contributed by atoms with van der Waals surface area (Å²) < 4.78 is 16.4. The van der Waals surface area contributed by atoms with Gasteiger partial charge in [-0.1, -0.05) is 20.8 Å². The zero-order valence-electron chi connectivity index (χ0n) is 13.4. The van der Waals surface area contributed by atoms with Gasteiger partial charge in [-0.25, -0.2) is 4.79 Å². The van der Waals surface area contributed by atoms with Crippen molar-refractivity contribution in [2.45, 2.75) is 38.9 Å². The fourth-order valence-corrected chi connectivity index (χ4v) is 2.81. The van der Waals surface area contributed by atoms with Crippen LogP contribution in [0, 0.1) is 0 Å². The van der Waals surface area contributed by atoms with Crippen LogP contribution in [0.5, 0.6) is 5.75 Å². The van der Waals surface area contributed by atoms with Gasteiger partial charge >= 0.3 is 5.97 Å². The molecule has 5 heteroatoms. The van der Waals surface area contributed by atoms with E-state index in [0.717, 1.165) is 11.1 Å². The number of rotatable bonds is 3. The molecule has 0 bridgehead atoms.